The Kier molecular flexibility index (Phi) is 3.05. The van der Waals surface area contributed by atoms with E-state index in [2.05, 4.69) is 15.5 Å². The number of carbonyl (C=O) groups excluding carboxylic acids is 1. The van der Waals surface area contributed by atoms with E-state index in [1.54, 1.807) is 0 Å². The highest BCUT2D eigenvalue weighted by molar-refractivity contribution is 6.05. The molecule has 0 unspecified atom stereocenters. The molecule has 9 nitrogen and oxygen atoms in total. The lowest BCUT2D eigenvalue weighted by Crippen LogP contribution is -2.34. The van der Waals surface area contributed by atoms with Crippen molar-refractivity contribution in [3.05, 3.63) is 34.0 Å². The molecule has 3 N–H and O–H groups in total. The summed E-state index contributed by atoms with van der Waals surface area (Å²) >= 11 is 0. The molecule has 0 spiro atoms. The third-order valence-electron chi connectivity index (χ3n) is 3.87. The van der Waals surface area contributed by atoms with Gasteiger partial charge in [-0.2, -0.15) is 5.10 Å². The zero-order valence-electron chi connectivity index (χ0n) is 11.3. The van der Waals surface area contributed by atoms with Crippen molar-refractivity contribution in [1.82, 2.24) is 15.5 Å². The number of aliphatic carboxylic acids is 1. The monoisotopic (exact) mass is 304 g/mol. The number of carboxylic acids is 1. The summed E-state index contributed by atoms with van der Waals surface area (Å²) in [7, 11) is 0. The molecule has 1 aromatic heterocycles. The molecule has 1 heterocycles. The molecule has 1 fully saturated rings. The highest BCUT2D eigenvalue weighted by Gasteiger charge is 2.50. The number of amides is 1. The summed E-state index contributed by atoms with van der Waals surface area (Å²) in [5.74, 6) is -1.49. The summed E-state index contributed by atoms with van der Waals surface area (Å²) in [4.78, 5) is 33.4. The van der Waals surface area contributed by atoms with Gasteiger partial charge in [-0.25, -0.2) is 0 Å². The summed E-state index contributed by atoms with van der Waals surface area (Å²) < 4.78 is 0. The summed E-state index contributed by atoms with van der Waals surface area (Å²) in [6.45, 7) is 0.0183. The normalized spacial score (nSPS) is 15.5. The van der Waals surface area contributed by atoms with Crippen molar-refractivity contribution in [2.45, 2.75) is 12.8 Å². The molecule has 1 saturated carbocycles. The number of carbonyl (C=O) groups is 2. The molecule has 1 aliphatic rings. The van der Waals surface area contributed by atoms with Gasteiger partial charge in [-0.05, 0) is 18.9 Å². The number of H-pyrrole nitrogens is 1. The van der Waals surface area contributed by atoms with Crippen LogP contribution in [0.1, 0.15) is 23.3 Å². The van der Waals surface area contributed by atoms with Crippen LogP contribution < -0.4 is 5.32 Å². The quantitative estimate of drug-likeness (QED) is 0.557. The van der Waals surface area contributed by atoms with Gasteiger partial charge in [0.15, 0.2) is 5.69 Å². The fourth-order valence-corrected chi connectivity index (χ4v) is 2.24. The van der Waals surface area contributed by atoms with Gasteiger partial charge in [-0.3, -0.25) is 24.8 Å². The van der Waals surface area contributed by atoms with Crippen molar-refractivity contribution in [1.29, 1.82) is 0 Å². The first kappa shape index (κ1) is 14.0. The van der Waals surface area contributed by atoms with Crippen LogP contribution in [0.3, 0.4) is 0 Å². The molecule has 9 heteroatoms. The average molecular weight is 304 g/mol. The maximum Gasteiger partial charge on any atom is 0.311 e. The summed E-state index contributed by atoms with van der Waals surface area (Å²) in [6.07, 6.45) is 1.05. The lowest BCUT2D eigenvalue weighted by molar-refractivity contribution is -0.384. The predicted molar refractivity (Wildman–Crippen MR) is 74.4 cm³/mol. The molecular formula is C13H12N4O5. The van der Waals surface area contributed by atoms with Crippen LogP contribution in [0.5, 0.6) is 0 Å². The van der Waals surface area contributed by atoms with E-state index in [9.17, 15) is 19.7 Å². The zero-order valence-corrected chi connectivity index (χ0v) is 11.3. The molecular weight excluding hydrogens is 292 g/mol. The second-order valence-corrected chi connectivity index (χ2v) is 5.33. The lowest BCUT2D eigenvalue weighted by Gasteiger charge is -2.10. The number of nitrogens with one attached hydrogen (secondary N) is 2. The Hall–Kier alpha value is -2.97. The Labute approximate surface area is 123 Å². The van der Waals surface area contributed by atoms with E-state index >= 15 is 0 Å². The minimum absolute atomic E-state index is 0.0138. The summed E-state index contributed by atoms with van der Waals surface area (Å²) in [6, 6.07) is 4.04. The number of carboxylic acid groups (broad SMARTS) is 1. The maximum atomic E-state index is 12.1. The molecule has 0 saturated heterocycles. The number of nitro groups is 1. The van der Waals surface area contributed by atoms with Crippen molar-refractivity contribution < 1.29 is 19.6 Å². The first-order chi connectivity index (χ1) is 10.4. The lowest BCUT2D eigenvalue weighted by atomic mass is 10.1. The molecule has 0 radical (unpaired) electrons. The number of aromatic amines is 1. The second-order valence-electron chi connectivity index (χ2n) is 5.33. The van der Waals surface area contributed by atoms with Crippen LogP contribution in [-0.2, 0) is 4.79 Å². The van der Waals surface area contributed by atoms with Crippen molar-refractivity contribution >= 4 is 28.5 Å². The number of benzene rings is 1. The zero-order chi connectivity index (χ0) is 15.9. The number of fused-ring (bicyclic) bond motifs is 1. The van der Waals surface area contributed by atoms with Gasteiger partial charge < -0.3 is 10.4 Å². The van der Waals surface area contributed by atoms with E-state index in [1.807, 2.05) is 0 Å². The molecule has 2 aromatic rings. The maximum absolute atomic E-state index is 12.1. The van der Waals surface area contributed by atoms with Crippen LogP contribution in [-0.4, -0.2) is 38.6 Å². The number of nitro benzene ring substituents is 1. The topological polar surface area (TPSA) is 138 Å². The van der Waals surface area contributed by atoms with Gasteiger partial charge in [0.25, 0.3) is 11.6 Å². The summed E-state index contributed by atoms with van der Waals surface area (Å²) in [5.41, 5.74) is -0.518. The van der Waals surface area contributed by atoms with Gasteiger partial charge >= 0.3 is 5.97 Å². The highest BCUT2D eigenvalue weighted by atomic mass is 16.6. The van der Waals surface area contributed by atoms with Gasteiger partial charge in [0.2, 0.25) is 0 Å². The number of aromatic nitrogens is 2. The van der Waals surface area contributed by atoms with E-state index in [-0.39, 0.29) is 17.9 Å². The van der Waals surface area contributed by atoms with Crippen molar-refractivity contribution in [2.75, 3.05) is 6.54 Å². The minimum Gasteiger partial charge on any atom is -0.481 e. The number of hydrogen-bond acceptors (Lipinski definition) is 5. The van der Waals surface area contributed by atoms with Crippen molar-refractivity contribution in [2.24, 2.45) is 5.41 Å². The van der Waals surface area contributed by atoms with E-state index in [4.69, 9.17) is 5.11 Å². The van der Waals surface area contributed by atoms with E-state index < -0.39 is 22.2 Å². The molecule has 0 atom stereocenters. The first-order valence-corrected chi connectivity index (χ1v) is 6.57. The predicted octanol–water partition coefficient (Wildman–Crippen LogP) is 1.07. The SMILES string of the molecule is O=C(NCC1(C(=O)O)CC1)c1n[nH]c2ccc([N+](=O)[O-])cc12. The third-order valence-corrected chi connectivity index (χ3v) is 3.87. The smallest absolute Gasteiger partial charge is 0.311 e. The molecule has 1 aliphatic carbocycles. The molecule has 114 valence electrons. The first-order valence-electron chi connectivity index (χ1n) is 6.57. The van der Waals surface area contributed by atoms with E-state index in [0.29, 0.717) is 23.7 Å². The fourth-order valence-electron chi connectivity index (χ4n) is 2.24. The van der Waals surface area contributed by atoms with Gasteiger partial charge in [0, 0.05) is 24.1 Å². The number of hydrogen-bond donors (Lipinski definition) is 3. The van der Waals surface area contributed by atoms with Gasteiger partial charge in [-0.15, -0.1) is 0 Å². The Balaban J connectivity index is 1.83. The standard InChI is InChI=1S/C13H12N4O5/c18-11(14-6-13(3-4-13)12(19)20)10-8-5-7(17(21)22)1-2-9(8)15-16-10/h1-2,5H,3-4,6H2,(H,14,18)(H,15,16)(H,19,20). The van der Waals surface area contributed by atoms with Crippen LogP contribution in [0.4, 0.5) is 5.69 Å². The minimum atomic E-state index is -0.935. The third kappa shape index (κ3) is 2.26. The summed E-state index contributed by atoms with van der Waals surface area (Å²) in [5, 5.41) is 29.2. The van der Waals surface area contributed by atoms with Crippen molar-refractivity contribution in [3.63, 3.8) is 0 Å². The second kappa shape index (κ2) is 4.79. The fraction of sp³-hybridized carbons (Fsp3) is 0.308. The van der Waals surface area contributed by atoms with Gasteiger partial charge in [-0.1, -0.05) is 0 Å². The number of nitrogens with zero attached hydrogens (tertiary/aromatic N) is 2. The van der Waals surface area contributed by atoms with Crippen LogP contribution in [0.2, 0.25) is 0 Å². The highest BCUT2D eigenvalue weighted by Crippen LogP contribution is 2.45. The molecule has 1 amide bonds. The largest absolute Gasteiger partial charge is 0.481 e. The number of non-ortho nitro benzene ring substituents is 1. The molecule has 3 rings (SSSR count). The van der Waals surface area contributed by atoms with Crippen molar-refractivity contribution in [3.8, 4) is 0 Å². The molecule has 1 aromatic carbocycles. The Bertz CT molecular complexity index is 793. The van der Waals surface area contributed by atoms with Crippen LogP contribution in [0, 0.1) is 15.5 Å². The molecule has 0 aliphatic heterocycles. The molecule has 22 heavy (non-hydrogen) atoms. The van der Waals surface area contributed by atoms with Gasteiger partial charge in [0.05, 0.1) is 15.9 Å². The van der Waals surface area contributed by atoms with Gasteiger partial charge in [0.1, 0.15) is 0 Å². The van der Waals surface area contributed by atoms with Crippen LogP contribution in [0.15, 0.2) is 18.2 Å². The van der Waals surface area contributed by atoms with Crippen LogP contribution >= 0.6 is 0 Å². The average Bonchev–Trinajstić information content (AvgIpc) is 3.17. The van der Waals surface area contributed by atoms with Crippen LogP contribution in [0.25, 0.3) is 10.9 Å². The van der Waals surface area contributed by atoms with E-state index in [1.165, 1.54) is 18.2 Å². The Morgan fingerprint density at radius 1 is 1.45 bits per heavy atom. The Morgan fingerprint density at radius 2 is 2.18 bits per heavy atom. The Morgan fingerprint density at radius 3 is 2.77 bits per heavy atom. The van der Waals surface area contributed by atoms with E-state index in [0.717, 1.165) is 0 Å². The molecule has 0 bridgehead atoms. The number of rotatable bonds is 5.